The maximum atomic E-state index is 9.98. The molecule has 0 unspecified atom stereocenters. The topological polar surface area (TPSA) is 317 Å². The van der Waals surface area contributed by atoms with Crippen LogP contribution in [0.1, 0.15) is 0 Å². The van der Waals surface area contributed by atoms with Crippen LogP contribution in [-0.2, 0) is 15.6 Å². The Bertz CT molecular complexity index is 427. The normalized spacial score (nSPS) is 16.8. The zero-order valence-electron chi connectivity index (χ0n) is 16.8. The third kappa shape index (κ3) is 21.1. The maximum absolute atomic E-state index is 9.98. The molecule has 0 aliphatic carbocycles. The van der Waals surface area contributed by atoms with Crippen LogP contribution in [0.3, 0.4) is 0 Å². The number of hydrogen-bond donors (Lipinski definition) is 10. The molecule has 10 N–H and O–H groups in total. The van der Waals surface area contributed by atoms with Crippen molar-refractivity contribution in [1.29, 1.82) is 0 Å². The molecular formula is C12H22Na2O16Sb2. The molecule has 20 heteroatoms. The van der Waals surface area contributed by atoms with Gasteiger partial charge in [-0.05, 0) is 0 Å². The first kappa shape index (κ1) is 47.0. The SMILES string of the molecule is O=C([O-])[C@H](O)[C@@H](O)[C@H](O)[C@H](O)CO.O=C([O-])[C@H](O)[C@@H](O)[C@H](O)[C@H](O)CO.[Na+].[Na+].[O]=[Sb].[O]=[Sb]. The van der Waals surface area contributed by atoms with Crippen LogP contribution < -0.4 is 69.3 Å². The Morgan fingerprint density at radius 1 is 0.562 bits per heavy atom. The third-order valence-electron chi connectivity index (χ3n) is 2.99. The van der Waals surface area contributed by atoms with E-state index in [9.17, 15) is 19.8 Å². The summed E-state index contributed by atoms with van der Waals surface area (Å²) < 4.78 is 16.6. The van der Waals surface area contributed by atoms with Gasteiger partial charge in [0.05, 0.1) is 25.2 Å². The molecule has 8 atom stereocenters. The van der Waals surface area contributed by atoms with E-state index >= 15 is 0 Å². The van der Waals surface area contributed by atoms with Gasteiger partial charge >= 0.3 is 111 Å². The molecule has 0 aliphatic rings. The first-order valence-electron chi connectivity index (χ1n) is 7.27. The minimum absolute atomic E-state index is 0. The van der Waals surface area contributed by atoms with Crippen molar-refractivity contribution >= 4 is 58.0 Å². The fraction of sp³-hybridized carbons (Fsp3) is 0.833. The molecule has 0 aromatic rings. The van der Waals surface area contributed by atoms with Gasteiger partial charge in [0, 0.05) is 0 Å². The Balaban J connectivity index is -0.0000000864. The van der Waals surface area contributed by atoms with Gasteiger partial charge in [-0.1, -0.05) is 0 Å². The van der Waals surface area contributed by atoms with Crippen LogP contribution in [-0.4, -0.2) is 171 Å². The molecule has 0 saturated heterocycles. The van der Waals surface area contributed by atoms with E-state index in [2.05, 4.69) is 0 Å². The molecule has 32 heavy (non-hydrogen) atoms. The molecule has 0 saturated carbocycles. The monoisotopic (exact) mass is 710 g/mol. The van der Waals surface area contributed by atoms with Gasteiger partial charge in [0.25, 0.3) is 0 Å². The Kier molecular flexibility index (Phi) is 42.6. The van der Waals surface area contributed by atoms with Crippen LogP contribution in [0.15, 0.2) is 0 Å². The van der Waals surface area contributed by atoms with Gasteiger partial charge in [0.2, 0.25) is 0 Å². The molecule has 16 nitrogen and oxygen atoms in total. The van der Waals surface area contributed by atoms with E-state index in [-0.39, 0.29) is 59.1 Å². The molecule has 2 radical (unpaired) electrons. The number of carboxylic acids is 2. The van der Waals surface area contributed by atoms with E-state index in [0.717, 1.165) is 0 Å². The van der Waals surface area contributed by atoms with Crippen LogP contribution >= 0.6 is 0 Å². The van der Waals surface area contributed by atoms with Crippen LogP contribution in [0.2, 0.25) is 0 Å². The van der Waals surface area contributed by atoms with Crippen molar-refractivity contribution in [1.82, 2.24) is 0 Å². The van der Waals surface area contributed by atoms with Crippen molar-refractivity contribution < 1.29 is 136 Å². The molecule has 0 aliphatic heterocycles. The van der Waals surface area contributed by atoms with E-state index in [1.807, 2.05) is 0 Å². The Labute approximate surface area is 253 Å². The zero-order valence-corrected chi connectivity index (χ0v) is 26.0. The molecule has 0 spiro atoms. The number of carboxylic acid groups (broad SMARTS) is 2. The van der Waals surface area contributed by atoms with Crippen molar-refractivity contribution in [3.05, 3.63) is 0 Å². The van der Waals surface area contributed by atoms with Crippen molar-refractivity contribution in [3.63, 3.8) is 0 Å². The quantitative estimate of drug-likeness (QED) is 0.0941. The second kappa shape index (κ2) is 29.0. The van der Waals surface area contributed by atoms with Crippen LogP contribution in [0.4, 0.5) is 0 Å². The molecule has 0 amide bonds. The predicted molar refractivity (Wildman–Crippen MR) is 85.1 cm³/mol. The standard InChI is InChI=1S/2C6H12O7.2Na.2O.2Sb/c2*7-1-2(8)3(9)4(10)5(11)6(12)13;;;;;;/h2*2-5,7-11H,1H2,(H,12,13);;;;;;/q;;2*+1;;;;/p-2/t2*2-,3-,4+,5-;;;;;;/m11....../s1. The number of aliphatic hydroxyl groups is 10. The molecule has 0 bridgehead atoms. The average molecular weight is 712 g/mol. The predicted octanol–water partition coefficient (Wildman–Crippen LogP) is -16.6. The second-order valence-electron chi connectivity index (χ2n) is 4.99. The number of aliphatic hydroxyl groups excluding tert-OH is 10. The number of aliphatic carboxylic acids is 2. The third-order valence-corrected chi connectivity index (χ3v) is 2.99. The number of rotatable bonds is 10. The van der Waals surface area contributed by atoms with Gasteiger partial charge in [-0.2, -0.15) is 0 Å². The molecule has 0 aromatic heterocycles. The summed E-state index contributed by atoms with van der Waals surface area (Å²) >= 11 is 1.00. The summed E-state index contributed by atoms with van der Waals surface area (Å²) in [5, 5.41) is 107. The number of carbonyl (C=O) groups excluding carboxylic acids is 2. The van der Waals surface area contributed by atoms with Crippen molar-refractivity contribution in [2.45, 2.75) is 48.8 Å². The summed E-state index contributed by atoms with van der Waals surface area (Å²) in [4.78, 5) is 20.0. The van der Waals surface area contributed by atoms with Gasteiger partial charge in [-0.25, -0.2) is 0 Å². The first-order valence-corrected chi connectivity index (χ1v) is 9.36. The van der Waals surface area contributed by atoms with Crippen molar-refractivity contribution in [2.24, 2.45) is 0 Å². The minimum atomic E-state index is -2.31. The Hall–Kier alpha value is 1.78. The molecule has 178 valence electrons. The summed E-state index contributed by atoms with van der Waals surface area (Å²) in [5.74, 6) is -3.95. The van der Waals surface area contributed by atoms with Crippen LogP contribution in [0.25, 0.3) is 0 Å². The van der Waals surface area contributed by atoms with E-state index in [4.69, 9.17) is 57.1 Å². The van der Waals surface area contributed by atoms with E-state index < -0.39 is 74.0 Å². The van der Waals surface area contributed by atoms with Crippen LogP contribution in [0, 0.1) is 0 Å². The first-order chi connectivity index (χ1) is 13.8. The molecule has 0 fully saturated rings. The van der Waals surface area contributed by atoms with Gasteiger partial charge in [-0.15, -0.1) is 0 Å². The van der Waals surface area contributed by atoms with Gasteiger partial charge in [-0.3, -0.25) is 0 Å². The number of hydrogen-bond acceptors (Lipinski definition) is 16. The summed E-state index contributed by atoms with van der Waals surface area (Å²) in [6.07, 6.45) is -16.2. The molecule has 0 rings (SSSR count). The van der Waals surface area contributed by atoms with Crippen molar-refractivity contribution in [2.75, 3.05) is 13.2 Å². The molecule has 0 heterocycles. The Morgan fingerprint density at radius 3 is 0.875 bits per heavy atom. The van der Waals surface area contributed by atoms with E-state index in [1.54, 1.807) is 0 Å². The van der Waals surface area contributed by atoms with E-state index in [0.29, 0.717) is 46.0 Å². The van der Waals surface area contributed by atoms with Gasteiger partial charge < -0.3 is 70.9 Å². The fourth-order valence-corrected chi connectivity index (χ4v) is 1.32. The summed E-state index contributed by atoms with van der Waals surface area (Å²) in [6, 6.07) is 0. The fourth-order valence-electron chi connectivity index (χ4n) is 1.32. The summed E-state index contributed by atoms with van der Waals surface area (Å²) in [7, 11) is 0. The van der Waals surface area contributed by atoms with Gasteiger partial charge in [0.1, 0.15) is 48.8 Å². The van der Waals surface area contributed by atoms with Gasteiger partial charge in [0.15, 0.2) is 0 Å². The average Bonchev–Trinajstić information content (AvgIpc) is 2.77. The zero-order chi connectivity index (χ0) is 25.2. The summed E-state index contributed by atoms with van der Waals surface area (Å²) in [6.45, 7) is -1.73. The molecule has 0 aromatic carbocycles. The van der Waals surface area contributed by atoms with E-state index in [1.165, 1.54) is 0 Å². The molecular weight excluding hydrogens is 690 g/mol. The van der Waals surface area contributed by atoms with Crippen LogP contribution in [0.5, 0.6) is 0 Å². The Morgan fingerprint density at radius 2 is 0.750 bits per heavy atom. The number of carbonyl (C=O) groups is 2. The summed E-state index contributed by atoms with van der Waals surface area (Å²) in [5.41, 5.74) is 0. The van der Waals surface area contributed by atoms with Crippen molar-refractivity contribution in [3.8, 4) is 0 Å². The second-order valence-corrected chi connectivity index (χ2v) is 4.99.